The number of hydrogen-bond acceptors (Lipinski definition) is 5. The van der Waals surface area contributed by atoms with Crippen molar-refractivity contribution in [1.82, 2.24) is 14.8 Å². The van der Waals surface area contributed by atoms with E-state index in [-0.39, 0.29) is 29.7 Å². The molecule has 1 aromatic heterocycles. The standard InChI is InChI=1S/C31H33ClFN5O/c1-6-28(39)36-16-21(5)37(17-20(36)4)30-24-15-25(32)29(23-12-7-9-13-26(23)33)35-31(24)38(18-34-30)27-14-10-8-11-22(27)19(2)3/h6-15,19-21H,1,16-18H2,2-5H3. The van der Waals surface area contributed by atoms with Crippen LogP contribution >= 0.6 is 11.6 Å². The summed E-state index contributed by atoms with van der Waals surface area (Å²) in [6, 6.07) is 16.6. The quantitative estimate of drug-likeness (QED) is 0.345. The number of hydrogen-bond donors (Lipinski definition) is 0. The van der Waals surface area contributed by atoms with E-state index >= 15 is 0 Å². The van der Waals surface area contributed by atoms with Crippen molar-refractivity contribution < 1.29 is 9.18 Å². The fourth-order valence-electron chi connectivity index (χ4n) is 5.48. The predicted octanol–water partition coefficient (Wildman–Crippen LogP) is 6.63. The molecule has 0 aliphatic carbocycles. The van der Waals surface area contributed by atoms with E-state index in [1.807, 2.05) is 30.0 Å². The molecule has 2 atom stereocenters. The second kappa shape index (κ2) is 10.8. The van der Waals surface area contributed by atoms with Crippen LogP contribution in [0.15, 0.2) is 72.2 Å². The number of nitrogens with zero attached hydrogens (tertiary/aromatic N) is 5. The van der Waals surface area contributed by atoms with Gasteiger partial charge in [-0.25, -0.2) is 14.4 Å². The molecule has 0 bridgehead atoms. The molecule has 1 amide bonds. The van der Waals surface area contributed by atoms with E-state index < -0.39 is 0 Å². The van der Waals surface area contributed by atoms with Gasteiger partial charge in [0.15, 0.2) is 0 Å². The number of amidine groups is 1. The minimum atomic E-state index is -0.379. The molecule has 6 nitrogen and oxygen atoms in total. The fourth-order valence-corrected chi connectivity index (χ4v) is 5.74. The Morgan fingerprint density at radius 3 is 2.51 bits per heavy atom. The van der Waals surface area contributed by atoms with E-state index in [1.165, 1.54) is 17.7 Å². The highest BCUT2D eigenvalue weighted by Crippen LogP contribution is 2.40. The van der Waals surface area contributed by atoms with Crippen LogP contribution in [0.5, 0.6) is 0 Å². The van der Waals surface area contributed by atoms with Crippen LogP contribution in [-0.4, -0.2) is 58.4 Å². The molecule has 2 aromatic carbocycles. The Balaban J connectivity index is 1.65. The van der Waals surface area contributed by atoms with Gasteiger partial charge in [0.2, 0.25) is 5.91 Å². The topological polar surface area (TPSA) is 52.0 Å². The maximum Gasteiger partial charge on any atom is 0.246 e. The van der Waals surface area contributed by atoms with Gasteiger partial charge in [0.25, 0.3) is 0 Å². The Kier molecular flexibility index (Phi) is 7.45. The summed E-state index contributed by atoms with van der Waals surface area (Å²) in [7, 11) is 0. The first-order valence-electron chi connectivity index (χ1n) is 13.3. The van der Waals surface area contributed by atoms with Gasteiger partial charge >= 0.3 is 0 Å². The van der Waals surface area contributed by atoms with Crippen LogP contribution < -0.4 is 4.90 Å². The zero-order chi connectivity index (χ0) is 27.8. The fraction of sp³-hybridized carbons (Fsp3) is 0.323. The van der Waals surface area contributed by atoms with Gasteiger partial charge < -0.3 is 14.7 Å². The first-order chi connectivity index (χ1) is 18.7. The highest BCUT2D eigenvalue weighted by atomic mass is 35.5. The van der Waals surface area contributed by atoms with E-state index in [0.717, 1.165) is 17.1 Å². The summed E-state index contributed by atoms with van der Waals surface area (Å²) in [4.78, 5) is 28.7. The number of rotatable bonds is 4. The zero-order valence-electron chi connectivity index (χ0n) is 22.7. The Morgan fingerprint density at radius 2 is 1.79 bits per heavy atom. The van der Waals surface area contributed by atoms with Crippen LogP contribution in [-0.2, 0) is 4.79 Å². The first kappa shape index (κ1) is 26.9. The zero-order valence-corrected chi connectivity index (χ0v) is 23.5. The molecule has 8 heteroatoms. The Bertz CT molecular complexity index is 1450. The molecule has 202 valence electrons. The second-order valence-corrected chi connectivity index (χ2v) is 10.9. The number of amides is 1. The lowest BCUT2D eigenvalue weighted by atomic mass is 9.99. The average molecular weight is 546 g/mol. The summed E-state index contributed by atoms with van der Waals surface area (Å²) < 4.78 is 14.9. The number of carbonyl (C=O) groups excluding carboxylic acids is 1. The Labute approximate surface area is 234 Å². The maximum absolute atomic E-state index is 14.9. The molecule has 1 saturated heterocycles. The van der Waals surface area contributed by atoms with E-state index in [4.69, 9.17) is 21.6 Å². The smallest absolute Gasteiger partial charge is 0.246 e. The summed E-state index contributed by atoms with van der Waals surface area (Å²) in [5, 5.41) is 0.353. The van der Waals surface area contributed by atoms with E-state index in [1.54, 1.807) is 18.2 Å². The van der Waals surface area contributed by atoms with Crippen LogP contribution in [0, 0.1) is 5.82 Å². The van der Waals surface area contributed by atoms with E-state index in [0.29, 0.717) is 41.9 Å². The molecular formula is C31H33ClFN5O. The predicted molar refractivity (Wildman–Crippen MR) is 156 cm³/mol. The summed E-state index contributed by atoms with van der Waals surface area (Å²) >= 11 is 6.81. The summed E-state index contributed by atoms with van der Waals surface area (Å²) in [6.45, 7) is 13.6. The van der Waals surface area contributed by atoms with Crippen molar-refractivity contribution in [2.75, 3.05) is 24.7 Å². The number of halogens is 2. The van der Waals surface area contributed by atoms with Crippen molar-refractivity contribution in [2.24, 2.45) is 4.99 Å². The lowest BCUT2D eigenvalue weighted by Gasteiger charge is -2.46. The third kappa shape index (κ3) is 4.91. The molecule has 1 fully saturated rings. The average Bonchev–Trinajstić information content (AvgIpc) is 2.93. The first-order valence-corrected chi connectivity index (χ1v) is 13.7. The normalized spacial score (nSPS) is 19.2. The molecule has 0 spiro atoms. The third-order valence-electron chi connectivity index (χ3n) is 7.51. The second-order valence-electron chi connectivity index (χ2n) is 10.5. The lowest BCUT2D eigenvalue weighted by Crippen LogP contribution is -2.59. The molecule has 0 saturated carbocycles. The lowest BCUT2D eigenvalue weighted by molar-refractivity contribution is -0.130. The number of anilines is 2. The molecule has 0 radical (unpaired) electrons. The van der Waals surface area contributed by atoms with Crippen LogP contribution in [0.1, 0.15) is 44.7 Å². The number of carbonyl (C=O) groups is 1. The van der Waals surface area contributed by atoms with Crippen molar-refractivity contribution in [1.29, 1.82) is 0 Å². The van der Waals surface area contributed by atoms with Crippen molar-refractivity contribution in [3.8, 4) is 11.3 Å². The van der Waals surface area contributed by atoms with Gasteiger partial charge in [0, 0.05) is 36.4 Å². The van der Waals surface area contributed by atoms with Crippen molar-refractivity contribution in [3.05, 3.63) is 89.2 Å². The van der Waals surface area contributed by atoms with Gasteiger partial charge in [0.1, 0.15) is 24.1 Å². The van der Waals surface area contributed by atoms with Gasteiger partial charge in [-0.3, -0.25) is 4.79 Å². The number of para-hydroxylation sites is 1. The van der Waals surface area contributed by atoms with Crippen LogP contribution in [0.4, 0.5) is 15.9 Å². The number of aliphatic imine (C=N–C) groups is 1. The van der Waals surface area contributed by atoms with E-state index in [2.05, 4.69) is 49.3 Å². The van der Waals surface area contributed by atoms with Crippen molar-refractivity contribution in [3.63, 3.8) is 0 Å². The SMILES string of the molecule is C=CC(=O)N1CC(C)N(C2=NCN(c3ccccc3C(C)C)c3nc(-c4ccccc4F)c(Cl)cc32)CC1C. The summed E-state index contributed by atoms with van der Waals surface area (Å²) in [6.07, 6.45) is 1.37. The molecular weight excluding hydrogens is 513 g/mol. The summed E-state index contributed by atoms with van der Waals surface area (Å²) in [5.74, 6) is 1.29. The van der Waals surface area contributed by atoms with Gasteiger partial charge in [-0.1, -0.05) is 62.4 Å². The van der Waals surface area contributed by atoms with Gasteiger partial charge in [-0.15, -0.1) is 0 Å². The number of fused-ring (bicyclic) bond motifs is 1. The Hall–Kier alpha value is -3.71. The monoisotopic (exact) mass is 545 g/mol. The highest BCUT2D eigenvalue weighted by Gasteiger charge is 2.37. The number of benzene rings is 2. The number of aromatic nitrogens is 1. The molecule has 3 aromatic rings. The van der Waals surface area contributed by atoms with Gasteiger partial charge in [-0.05, 0) is 55.7 Å². The molecule has 2 unspecified atom stereocenters. The molecule has 2 aliphatic heterocycles. The molecule has 0 N–H and O–H groups in total. The molecule has 5 rings (SSSR count). The summed E-state index contributed by atoms with van der Waals surface area (Å²) in [5.41, 5.74) is 3.71. The Morgan fingerprint density at radius 1 is 1.08 bits per heavy atom. The van der Waals surface area contributed by atoms with Crippen molar-refractivity contribution in [2.45, 2.75) is 45.7 Å². The minimum absolute atomic E-state index is 0.0104. The van der Waals surface area contributed by atoms with Gasteiger partial charge in [-0.2, -0.15) is 0 Å². The van der Waals surface area contributed by atoms with Crippen LogP contribution in [0.3, 0.4) is 0 Å². The number of pyridine rings is 1. The maximum atomic E-state index is 14.9. The molecule has 39 heavy (non-hydrogen) atoms. The molecule has 3 heterocycles. The van der Waals surface area contributed by atoms with Crippen LogP contribution in [0.25, 0.3) is 11.3 Å². The van der Waals surface area contributed by atoms with Crippen LogP contribution in [0.2, 0.25) is 5.02 Å². The van der Waals surface area contributed by atoms with Gasteiger partial charge in [0.05, 0.1) is 16.3 Å². The minimum Gasteiger partial charge on any atom is -0.350 e. The largest absolute Gasteiger partial charge is 0.350 e. The number of piperazine rings is 1. The third-order valence-corrected chi connectivity index (χ3v) is 7.80. The highest BCUT2D eigenvalue weighted by molar-refractivity contribution is 6.33. The molecule has 2 aliphatic rings. The van der Waals surface area contributed by atoms with Crippen molar-refractivity contribution >= 4 is 34.8 Å². The van der Waals surface area contributed by atoms with E-state index in [9.17, 15) is 9.18 Å².